The van der Waals surface area contributed by atoms with Crippen molar-refractivity contribution in [3.63, 3.8) is 0 Å². The van der Waals surface area contributed by atoms with Gasteiger partial charge in [-0.05, 0) is 50.1 Å². The third-order valence-electron chi connectivity index (χ3n) is 6.51. The van der Waals surface area contributed by atoms with E-state index in [9.17, 15) is 22.8 Å². The lowest BCUT2D eigenvalue weighted by Crippen LogP contribution is -2.54. The number of fused-ring (bicyclic) bond motifs is 1. The van der Waals surface area contributed by atoms with E-state index in [4.69, 9.17) is 11.6 Å². The SMILES string of the molecule is CC(C)(C)NC(=O)C(Cc1ccccc1)N(Cc1ccccc1Cl)C(=O)CCN1C(=O)c2ccccc2S1(=O)=O. The summed E-state index contributed by atoms with van der Waals surface area (Å²) in [5.74, 6) is -1.51. The molecule has 3 aromatic carbocycles. The maximum atomic E-state index is 13.9. The molecule has 3 amide bonds. The second-order valence-corrected chi connectivity index (χ2v) is 12.9. The highest BCUT2D eigenvalue weighted by molar-refractivity contribution is 7.90. The van der Waals surface area contributed by atoms with Gasteiger partial charge in [-0.15, -0.1) is 0 Å². The Hall–Kier alpha value is -3.69. The quantitative estimate of drug-likeness (QED) is 0.403. The largest absolute Gasteiger partial charge is 0.350 e. The molecular formula is C30H32ClN3O5S. The predicted molar refractivity (Wildman–Crippen MR) is 153 cm³/mol. The summed E-state index contributed by atoms with van der Waals surface area (Å²) in [7, 11) is -4.08. The van der Waals surface area contributed by atoms with Crippen LogP contribution in [0.4, 0.5) is 0 Å². The minimum atomic E-state index is -4.08. The first-order valence-electron chi connectivity index (χ1n) is 12.9. The van der Waals surface area contributed by atoms with E-state index in [1.54, 1.807) is 36.4 Å². The third-order valence-corrected chi connectivity index (χ3v) is 8.72. The Labute approximate surface area is 240 Å². The van der Waals surface area contributed by atoms with Crippen molar-refractivity contribution in [3.8, 4) is 0 Å². The van der Waals surface area contributed by atoms with Gasteiger partial charge >= 0.3 is 0 Å². The number of hydrogen-bond donors (Lipinski definition) is 1. The first kappa shape index (κ1) is 29.3. The lowest BCUT2D eigenvalue weighted by atomic mass is 10.0. The summed E-state index contributed by atoms with van der Waals surface area (Å²) < 4.78 is 26.8. The van der Waals surface area contributed by atoms with Crippen molar-refractivity contribution in [3.05, 3.63) is 101 Å². The Morgan fingerprint density at radius 1 is 0.950 bits per heavy atom. The van der Waals surface area contributed by atoms with Gasteiger partial charge in [0.15, 0.2) is 0 Å². The van der Waals surface area contributed by atoms with Gasteiger partial charge in [0.05, 0.1) is 5.56 Å². The fourth-order valence-electron chi connectivity index (χ4n) is 4.61. The molecule has 8 nitrogen and oxygen atoms in total. The van der Waals surface area contributed by atoms with Crippen molar-refractivity contribution in [1.29, 1.82) is 0 Å². The molecular weight excluding hydrogens is 550 g/mol. The molecule has 3 aromatic rings. The van der Waals surface area contributed by atoms with E-state index in [1.165, 1.54) is 17.0 Å². The smallest absolute Gasteiger partial charge is 0.269 e. The summed E-state index contributed by atoms with van der Waals surface area (Å²) in [6, 6.07) is 21.4. The molecule has 0 aromatic heterocycles. The average molecular weight is 582 g/mol. The molecule has 0 saturated carbocycles. The normalized spacial score (nSPS) is 14.9. The minimum absolute atomic E-state index is 0.0223. The number of nitrogens with zero attached hydrogens (tertiary/aromatic N) is 2. The molecule has 4 rings (SSSR count). The van der Waals surface area contributed by atoms with Gasteiger partial charge in [0, 0.05) is 36.5 Å². The summed E-state index contributed by atoms with van der Waals surface area (Å²) in [5.41, 5.74) is 1.000. The number of rotatable bonds is 9. The van der Waals surface area contributed by atoms with Gasteiger partial charge in [-0.3, -0.25) is 14.4 Å². The van der Waals surface area contributed by atoms with Crippen LogP contribution in [-0.4, -0.2) is 53.5 Å². The van der Waals surface area contributed by atoms with Gasteiger partial charge in [0.1, 0.15) is 10.9 Å². The van der Waals surface area contributed by atoms with Crippen LogP contribution in [0.25, 0.3) is 0 Å². The molecule has 1 aliphatic rings. The van der Waals surface area contributed by atoms with Crippen molar-refractivity contribution < 1.29 is 22.8 Å². The van der Waals surface area contributed by atoms with E-state index < -0.39 is 33.4 Å². The van der Waals surface area contributed by atoms with Crippen molar-refractivity contribution >= 4 is 39.3 Å². The number of hydrogen-bond acceptors (Lipinski definition) is 5. The van der Waals surface area contributed by atoms with E-state index >= 15 is 0 Å². The molecule has 1 atom stereocenters. The van der Waals surface area contributed by atoms with E-state index in [-0.39, 0.29) is 42.3 Å². The lowest BCUT2D eigenvalue weighted by Gasteiger charge is -2.34. The zero-order valence-corrected chi connectivity index (χ0v) is 24.2. The molecule has 1 aliphatic heterocycles. The van der Waals surface area contributed by atoms with Crippen LogP contribution < -0.4 is 5.32 Å². The molecule has 1 N–H and O–H groups in total. The maximum Gasteiger partial charge on any atom is 0.269 e. The number of carbonyl (C=O) groups is 3. The van der Waals surface area contributed by atoms with Crippen LogP contribution in [0.15, 0.2) is 83.8 Å². The Morgan fingerprint density at radius 3 is 2.23 bits per heavy atom. The fourth-order valence-corrected chi connectivity index (χ4v) is 6.38. The first-order chi connectivity index (χ1) is 18.9. The summed E-state index contributed by atoms with van der Waals surface area (Å²) in [6.07, 6.45) is -0.0805. The lowest BCUT2D eigenvalue weighted by molar-refractivity contribution is -0.142. The third kappa shape index (κ3) is 6.54. The number of amides is 3. The second-order valence-electron chi connectivity index (χ2n) is 10.7. The Kier molecular flexibility index (Phi) is 8.65. The van der Waals surface area contributed by atoms with Crippen LogP contribution in [0, 0.1) is 0 Å². The van der Waals surface area contributed by atoms with Crippen LogP contribution in [0.2, 0.25) is 5.02 Å². The first-order valence-corrected chi connectivity index (χ1v) is 14.8. The summed E-state index contributed by atoms with van der Waals surface area (Å²) in [4.78, 5) is 41.8. The van der Waals surface area contributed by atoms with Crippen LogP contribution in [0.5, 0.6) is 0 Å². The van der Waals surface area contributed by atoms with Gasteiger partial charge in [-0.1, -0.05) is 72.3 Å². The topological polar surface area (TPSA) is 104 Å². The molecule has 0 saturated heterocycles. The molecule has 10 heteroatoms. The number of sulfonamides is 1. The van der Waals surface area contributed by atoms with Crippen molar-refractivity contribution in [1.82, 2.24) is 14.5 Å². The predicted octanol–water partition coefficient (Wildman–Crippen LogP) is 4.43. The van der Waals surface area contributed by atoms with Crippen LogP contribution >= 0.6 is 11.6 Å². The summed E-state index contributed by atoms with van der Waals surface area (Å²) >= 11 is 6.44. The monoisotopic (exact) mass is 581 g/mol. The summed E-state index contributed by atoms with van der Waals surface area (Å²) in [6.45, 7) is 5.23. The summed E-state index contributed by atoms with van der Waals surface area (Å²) in [5, 5.41) is 3.41. The van der Waals surface area contributed by atoms with Crippen molar-refractivity contribution in [2.24, 2.45) is 0 Å². The second kappa shape index (κ2) is 11.8. The molecule has 1 heterocycles. The Balaban J connectivity index is 1.66. The minimum Gasteiger partial charge on any atom is -0.350 e. The number of carbonyl (C=O) groups excluding carboxylic acids is 3. The van der Waals surface area contributed by atoms with Crippen LogP contribution in [0.1, 0.15) is 48.7 Å². The van der Waals surface area contributed by atoms with Gasteiger partial charge in [0.25, 0.3) is 15.9 Å². The standard InChI is InChI=1S/C30H32ClN3O5S/c1-30(2,3)32-28(36)25(19-21-11-5-4-6-12-21)33(20-22-13-7-9-15-24(22)31)27(35)17-18-34-29(37)23-14-8-10-16-26(23)40(34,38)39/h4-16,25H,17-20H2,1-3H3,(H,32,36). The zero-order chi connectivity index (χ0) is 29.1. The van der Waals surface area contributed by atoms with Crippen LogP contribution in [-0.2, 0) is 32.6 Å². The molecule has 40 heavy (non-hydrogen) atoms. The average Bonchev–Trinajstić information content (AvgIpc) is 3.10. The Morgan fingerprint density at radius 2 is 1.57 bits per heavy atom. The number of nitrogens with one attached hydrogen (secondary N) is 1. The maximum absolute atomic E-state index is 13.9. The van der Waals surface area contributed by atoms with E-state index in [0.29, 0.717) is 10.6 Å². The molecule has 0 radical (unpaired) electrons. The highest BCUT2D eigenvalue weighted by Gasteiger charge is 2.41. The van der Waals surface area contributed by atoms with Gasteiger partial charge in [-0.25, -0.2) is 12.7 Å². The molecule has 0 fully saturated rings. The van der Waals surface area contributed by atoms with E-state index in [1.807, 2.05) is 51.1 Å². The highest BCUT2D eigenvalue weighted by atomic mass is 35.5. The molecule has 210 valence electrons. The van der Waals surface area contributed by atoms with E-state index in [2.05, 4.69) is 5.32 Å². The highest BCUT2D eigenvalue weighted by Crippen LogP contribution is 2.30. The van der Waals surface area contributed by atoms with E-state index in [0.717, 1.165) is 9.87 Å². The number of benzene rings is 3. The molecule has 0 bridgehead atoms. The van der Waals surface area contributed by atoms with Gasteiger partial charge < -0.3 is 10.2 Å². The van der Waals surface area contributed by atoms with Gasteiger partial charge in [-0.2, -0.15) is 0 Å². The number of halogens is 1. The van der Waals surface area contributed by atoms with Crippen molar-refractivity contribution in [2.45, 2.75) is 56.6 Å². The van der Waals surface area contributed by atoms with Gasteiger partial charge in [0.2, 0.25) is 11.8 Å². The Bertz CT molecular complexity index is 1520. The van der Waals surface area contributed by atoms with Crippen molar-refractivity contribution in [2.75, 3.05) is 6.54 Å². The molecule has 0 aliphatic carbocycles. The molecule has 1 unspecified atom stereocenters. The fraction of sp³-hybridized carbons (Fsp3) is 0.300. The zero-order valence-electron chi connectivity index (χ0n) is 22.6. The molecule has 0 spiro atoms. The van der Waals surface area contributed by atoms with Crippen LogP contribution in [0.3, 0.4) is 0 Å².